The number of sulfonamides is 2. The van der Waals surface area contributed by atoms with E-state index >= 15 is 0 Å². The predicted octanol–water partition coefficient (Wildman–Crippen LogP) is -0.648. The first-order chi connectivity index (χ1) is 22.3. The highest BCUT2D eigenvalue weighted by atomic mass is 32.3. The van der Waals surface area contributed by atoms with Gasteiger partial charge in [-0.3, -0.25) is 4.79 Å². The Morgan fingerprint density at radius 1 is 0.938 bits per heavy atom. The van der Waals surface area contributed by atoms with Crippen LogP contribution in [0.2, 0.25) is 0 Å². The van der Waals surface area contributed by atoms with Gasteiger partial charge in [0.2, 0.25) is 0 Å². The minimum atomic E-state index is -4.63. The van der Waals surface area contributed by atoms with Crippen molar-refractivity contribution in [2.75, 3.05) is 33.4 Å². The third-order valence-electron chi connectivity index (χ3n) is 6.62. The van der Waals surface area contributed by atoms with Gasteiger partial charge in [0.1, 0.15) is 14.5 Å². The number of carbonyl (C=O) groups is 5. The molecule has 2 rings (SSSR count). The zero-order valence-corrected chi connectivity index (χ0v) is 29.9. The summed E-state index contributed by atoms with van der Waals surface area (Å²) in [7, 11) is -7.18. The van der Waals surface area contributed by atoms with E-state index in [-0.39, 0.29) is 22.9 Å². The van der Waals surface area contributed by atoms with Crippen LogP contribution in [0.15, 0.2) is 14.5 Å². The van der Waals surface area contributed by atoms with Crippen LogP contribution in [0.3, 0.4) is 0 Å². The fraction of sp³-hybridized carbons (Fsp3) is 0.667. The third kappa shape index (κ3) is 10.6. The van der Waals surface area contributed by atoms with E-state index < -0.39 is 90.6 Å². The Kier molecular flexibility index (Phi) is 14.9. The van der Waals surface area contributed by atoms with Gasteiger partial charge in [0.15, 0.2) is 24.4 Å². The lowest BCUT2D eigenvalue weighted by Crippen LogP contribution is -2.43. The number of rotatable bonds is 17. The summed E-state index contributed by atoms with van der Waals surface area (Å²) in [6.07, 6.45) is -7.48. The molecule has 0 aromatic carbocycles. The predicted molar refractivity (Wildman–Crippen MR) is 165 cm³/mol. The van der Waals surface area contributed by atoms with Crippen LogP contribution >= 0.6 is 11.3 Å². The molecule has 0 aliphatic carbocycles. The van der Waals surface area contributed by atoms with Crippen molar-refractivity contribution in [1.82, 2.24) is 14.3 Å². The molecule has 0 spiro atoms. The molecule has 0 fully saturated rings. The first-order valence-electron chi connectivity index (χ1n) is 14.7. The first kappa shape index (κ1) is 41.0. The smallest absolute Gasteiger partial charge is 0.347 e. The Bertz CT molecular complexity index is 1560. The van der Waals surface area contributed by atoms with Gasteiger partial charge in [0.25, 0.3) is 26.0 Å². The van der Waals surface area contributed by atoms with Gasteiger partial charge in [-0.1, -0.05) is 6.92 Å². The van der Waals surface area contributed by atoms with Crippen molar-refractivity contribution in [3.05, 3.63) is 11.6 Å². The summed E-state index contributed by atoms with van der Waals surface area (Å²) in [5, 5.41) is 12.3. The maximum absolute atomic E-state index is 13.3. The normalized spacial score (nSPS) is 19.0. The second-order valence-electron chi connectivity index (χ2n) is 10.6. The molecule has 1 amide bonds. The van der Waals surface area contributed by atoms with Gasteiger partial charge < -0.3 is 34.1 Å². The minimum absolute atomic E-state index is 0.0605. The van der Waals surface area contributed by atoms with Crippen molar-refractivity contribution in [3.8, 4) is 0 Å². The van der Waals surface area contributed by atoms with E-state index in [9.17, 15) is 40.8 Å². The van der Waals surface area contributed by atoms with Crippen LogP contribution in [0, 0.1) is 0 Å². The molecule has 1 aromatic heterocycles. The molecule has 6 atom stereocenters. The SMILES string of the molecule is CCNC1CN(CCCOC)S(=O)(=O)c2sc(S(=O)(=O)NC(=O)[C@H](C)OC(=O)[C@H](C)OC(=O)[C@H](C)OC(=O)[C@H](C)OC(=O)[C@H](C)O)cc21. The van der Waals surface area contributed by atoms with E-state index in [4.69, 9.17) is 24.1 Å². The molecule has 21 heteroatoms. The number of nitrogens with zero attached hydrogens (tertiary/aromatic N) is 1. The molecule has 0 bridgehead atoms. The number of amides is 1. The number of aliphatic hydroxyl groups excluding tert-OH is 1. The average Bonchev–Trinajstić information content (AvgIpc) is 3.47. The average molecular weight is 744 g/mol. The summed E-state index contributed by atoms with van der Waals surface area (Å²) in [4.78, 5) is 61.0. The van der Waals surface area contributed by atoms with Crippen molar-refractivity contribution in [1.29, 1.82) is 0 Å². The largest absolute Gasteiger partial charge is 0.450 e. The Balaban J connectivity index is 2.05. The number of esters is 4. The molecule has 0 saturated carbocycles. The van der Waals surface area contributed by atoms with Crippen LogP contribution < -0.4 is 10.0 Å². The molecular formula is C27H41N3O15S3. The van der Waals surface area contributed by atoms with E-state index in [1.54, 1.807) is 4.72 Å². The molecule has 1 aliphatic rings. The van der Waals surface area contributed by atoms with Crippen LogP contribution in [0.1, 0.15) is 59.6 Å². The highest BCUT2D eigenvalue weighted by Crippen LogP contribution is 2.40. The van der Waals surface area contributed by atoms with Gasteiger partial charge in [-0.15, -0.1) is 11.3 Å². The molecule has 1 unspecified atom stereocenters. The molecule has 0 radical (unpaired) electrons. The molecule has 272 valence electrons. The fourth-order valence-corrected chi connectivity index (χ4v) is 8.95. The Labute approximate surface area is 282 Å². The number of methoxy groups -OCH3 is 1. The van der Waals surface area contributed by atoms with Crippen molar-refractivity contribution >= 4 is 61.2 Å². The summed E-state index contributed by atoms with van der Waals surface area (Å²) >= 11 is 0.473. The highest BCUT2D eigenvalue weighted by Gasteiger charge is 2.40. The summed E-state index contributed by atoms with van der Waals surface area (Å²) in [5.74, 6) is -5.97. The molecule has 3 N–H and O–H groups in total. The summed E-state index contributed by atoms with van der Waals surface area (Å²) in [6, 6.07) is 0.662. The second-order valence-corrected chi connectivity index (χ2v) is 15.7. The number of thiophene rings is 1. The lowest BCUT2D eigenvalue weighted by molar-refractivity contribution is -0.184. The zero-order valence-electron chi connectivity index (χ0n) is 27.4. The van der Waals surface area contributed by atoms with Crippen molar-refractivity contribution in [3.63, 3.8) is 0 Å². The lowest BCUT2D eigenvalue weighted by Gasteiger charge is -2.32. The van der Waals surface area contributed by atoms with Crippen LogP contribution in [-0.4, -0.2) is 120 Å². The van der Waals surface area contributed by atoms with Crippen LogP contribution in [0.4, 0.5) is 0 Å². The Hall–Kier alpha value is -3.21. The minimum Gasteiger partial charge on any atom is -0.450 e. The third-order valence-corrected chi connectivity index (χ3v) is 12.0. The first-order valence-corrected chi connectivity index (χ1v) is 18.4. The quantitative estimate of drug-likeness (QED) is 0.102. The molecule has 2 heterocycles. The Morgan fingerprint density at radius 3 is 1.92 bits per heavy atom. The van der Waals surface area contributed by atoms with Crippen molar-refractivity contribution < 1.29 is 69.6 Å². The fourth-order valence-electron chi connectivity index (χ4n) is 4.02. The number of hydrogen-bond donors (Lipinski definition) is 3. The van der Waals surface area contributed by atoms with Gasteiger partial charge in [-0.2, -0.15) is 4.31 Å². The van der Waals surface area contributed by atoms with Gasteiger partial charge in [0, 0.05) is 38.4 Å². The number of hydrogen-bond acceptors (Lipinski definition) is 17. The van der Waals surface area contributed by atoms with Crippen LogP contribution in [-0.2, 0) is 67.7 Å². The number of fused-ring (bicyclic) bond motifs is 1. The number of ether oxygens (including phenoxy) is 5. The molecule has 0 saturated heterocycles. The lowest BCUT2D eigenvalue weighted by atomic mass is 10.1. The molecule has 1 aromatic rings. The maximum Gasteiger partial charge on any atom is 0.347 e. The second kappa shape index (κ2) is 17.4. The number of carbonyl (C=O) groups excluding carboxylic acids is 5. The van der Waals surface area contributed by atoms with Crippen molar-refractivity contribution in [2.45, 2.75) is 92.9 Å². The molecule has 1 aliphatic heterocycles. The van der Waals surface area contributed by atoms with Gasteiger partial charge in [-0.05, 0) is 53.7 Å². The zero-order chi connectivity index (χ0) is 36.6. The summed E-state index contributed by atoms with van der Waals surface area (Å²) < 4.78 is 79.6. The van der Waals surface area contributed by atoms with E-state index in [1.165, 1.54) is 17.5 Å². The van der Waals surface area contributed by atoms with E-state index in [1.807, 2.05) is 6.92 Å². The van der Waals surface area contributed by atoms with Crippen LogP contribution in [0.5, 0.6) is 0 Å². The summed E-state index contributed by atoms with van der Waals surface area (Å²) in [6.45, 7) is 8.31. The van der Waals surface area contributed by atoms with E-state index in [0.717, 1.165) is 34.6 Å². The maximum atomic E-state index is 13.3. The topological polar surface area (TPSA) is 247 Å². The molecule has 18 nitrogen and oxygen atoms in total. The van der Waals surface area contributed by atoms with Gasteiger partial charge in [-0.25, -0.2) is 40.7 Å². The van der Waals surface area contributed by atoms with Gasteiger partial charge in [0.05, 0.1) is 0 Å². The Morgan fingerprint density at radius 2 is 1.44 bits per heavy atom. The molecular weight excluding hydrogens is 703 g/mol. The van der Waals surface area contributed by atoms with Crippen molar-refractivity contribution in [2.24, 2.45) is 0 Å². The monoisotopic (exact) mass is 743 g/mol. The van der Waals surface area contributed by atoms with E-state index in [0.29, 0.717) is 30.9 Å². The van der Waals surface area contributed by atoms with E-state index in [2.05, 4.69) is 10.1 Å². The van der Waals surface area contributed by atoms with Crippen LogP contribution in [0.25, 0.3) is 0 Å². The standard InChI is InChI=1S/C27H41N3O15S3/c1-8-28-20-13-30(10-9-11-41-7)48(39,40)27-19(20)12-21(46-27)47(37,38)29-22(32)15(3)42-24(34)17(5)44-26(36)18(6)45-25(35)16(4)43-23(33)14(2)31/h12,14-18,20,28,31H,8-11,13H2,1-7H3,(H,29,32)/t14-,15-,16-,17-,18-,20?/m0/s1. The number of aliphatic hydroxyl groups is 1. The van der Waals surface area contributed by atoms with Gasteiger partial charge >= 0.3 is 23.9 Å². The number of likely N-dealkylation sites (N-methyl/N-ethyl adjacent to an activating group) is 1. The molecule has 48 heavy (non-hydrogen) atoms. The highest BCUT2D eigenvalue weighted by molar-refractivity contribution is 7.94. The number of nitrogens with one attached hydrogen (secondary N) is 2. The summed E-state index contributed by atoms with van der Waals surface area (Å²) in [5.41, 5.74) is 0.239.